The first kappa shape index (κ1) is 21.5. The number of carbonyl (C=O) groups excluding carboxylic acids is 1. The molecule has 0 bridgehead atoms. The lowest BCUT2D eigenvalue weighted by Crippen LogP contribution is -2.28. The Morgan fingerprint density at radius 3 is 2.32 bits per heavy atom. The lowest BCUT2D eigenvalue weighted by Gasteiger charge is -2.13. The first-order chi connectivity index (χ1) is 13.4. The van der Waals surface area contributed by atoms with Crippen LogP contribution in [0.25, 0.3) is 0 Å². The van der Waals surface area contributed by atoms with Crippen LogP contribution >= 0.6 is 0 Å². The number of carbonyl (C=O) groups is 1. The van der Waals surface area contributed by atoms with Crippen LogP contribution in [0.1, 0.15) is 5.56 Å². The van der Waals surface area contributed by atoms with Gasteiger partial charge in [-0.05, 0) is 29.8 Å². The first-order valence-electron chi connectivity index (χ1n) is 8.49. The van der Waals surface area contributed by atoms with Crippen molar-refractivity contribution < 1.29 is 27.4 Å². The quantitative estimate of drug-likeness (QED) is 0.581. The molecule has 8 nitrogen and oxygen atoms in total. The van der Waals surface area contributed by atoms with Crippen LogP contribution in [0.4, 0.5) is 5.69 Å². The zero-order chi connectivity index (χ0) is 20.6. The maximum absolute atomic E-state index is 12.7. The minimum Gasteiger partial charge on any atom is -0.497 e. The summed E-state index contributed by atoms with van der Waals surface area (Å²) in [5, 5.41) is 2.73. The Labute approximate surface area is 164 Å². The fraction of sp³-hybridized carbons (Fsp3) is 0.316. The number of rotatable bonds is 10. The topological polar surface area (TPSA) is 103 Å². The van der Waals surface area contributed by atoms with Crippen LogP contribution in [0.3, 0.4) is 0 Å². The Morgan fingerprint density at radius 2 is 1.71 bits per heavy atom. The number of ether oxygens (including phenoxy) is 3. The molecule has 2 rings (SSSR count). The van der Waals surface area contributed by atoms with Gasteiger partial charge in [-0.25, -0.2) is 8.42 Å². The molecular weight excluding hydrogens is 384 g/mol. The molecule has 0 unspecified atom stereocenters. The maximum Gasteiger partial charge on any atom is 0.265 e. The van der Waals surface area contributed by atoms with Crippen molar-refractivity contribution in [2.45, 2.75) is 11.3 Å². The molecule has 152 valence electrons. The van der Waals surface area contributed by atoms with E-state index in [1.807, 2.05) is 0 Å². The van der Waals surface area contributed by atoms with E-state index in [1.165, 1.54) is 26.4 Å². The molecule has 0 aliphatic rings. The highest BCUT2D eigenvalue weighted by molar-refractivity contribution is 7.92. The summed E-state index contributed by atoms with van der Waals surface area (Å²) in [5.41, 5.74) is 1.13. The molecule has 2 aromatic carbocycles. The van der Waals surface area contributed by atoms with Crippen molar-refractivity contribution in [1.29, 1.82) is 0 Å². The van der Waals surface area contributed by atoms with Crippen LogP contribution in [-0.4, -0.2) is 48.8 Å². The monoisotopic (exact) mass is 408 g/mol. The molecule has 0 aromatic heterocycles. The van der Waals surface area contributed by atoms with E-state index in [0.29, 0.717) is 24.6 Å². The average molecular weight is 408 g/mol. The molecule has 0 aliphatic heterocycles. The Bertz CT molecular complexity index is 897. The van der Waals surface area contributed by atoms with Crippen molar-refractivity contribution in [3.05, 3.63) is 48.0 Å². The molecule has 0 saturated carbocycles. The third-order valence-corrected chi connectivity index (χ3v) is 5.26. The molecule has 2 aromatic rings. The number of anilines is 1. The van der Waals surface area contributed by atoms with E-state index in [2.05, 4.69) is 10.0 Å². The lowest BCUT2D eigenvalue weighted by atomic mass is 10.1. The standard InChI is InChI=1S/C19H24N2O6S/c1-25-11-10-20-19(22)12-14-4-6-15(7-5-14)21-28(23,24)18-13-16(26-2)8-9-17(18)27-3/h4-9,13,21H,10-12H2,1-3H3,(H,20,22). The Hall–Kier alpha value is -2.78. The molecule has 0 fully saturated rings. The number of hydrogen-bond acceptors (Lipinski definition) is 6. The van der Waals surface area contributed by atoms with E-state index in [1.54, 1.807) is 37.4 Å². The van der Waals surface area contributed by atoms with Gasteiger partial charge in [0.25, 0.3) is 10.0 Å². The van der Waals surface area contributed by atoms with Crippen LogP contribution in [0.2, 0.25) is 0 Å². The number of methoxy groups -OCH3 is 3. The number of nitrogens with one attached hydrogen (secondary N) is 2. The predicted octanol–water partition coefficient (Wildman–Crippen LogP) is 1.81. The highest BCUT2D eigenvalue weighted by atomic mass is 32.2. The van der Waals surface area contributed by atoms with Gasteiger partial charge in [0.2, 0.25) is 5.91 Å². The van der Waals surface area contributed by atoms with Crippen molar-refractivity contribution in [2.75, 3.05) is 39.2 Å². The molecule has 0 aliphatic carbocycles. The van der Waals surface area contributed by atoms with Crippen LogP contribution < -0.4 is 19.5 Å². The first-order valence-corrected chi connectivity index (χ1v) is 9.97. The van der Waals surface area contributed by atoms with E-state index in [9.17, 15) is 13.2 Å². The highest BCUT2D eigenvalue weighted by Crippen LogP contribution is 2.29. The Balaban J connectivity index is 2.10. The van der Waals surface area contributed by atoms with Gasteiger partial charge in [0.1, 0.15) is 16.4 Å². The van der Waals surface area contributed by atoms with Crippen molar-refractivity contribution in [2.24, 2.45) is 0 Å². The normalized spacial score (nSPS) is 11.0. The van der Waals surface area contributed by atoms with E-state index >= 15 is 0 Å². The van der Waals surface area contributed by atoms with Crippen LogP contribution in [0.15, 0.2) is 47.4 Å². The molecule has 2 N–H and O–H groups in total. The van der Waals surface area contributed by atoms with Crippen molar-refractivity contribution in [3.63, 3.8) is 0 Å². The molecule has 0 spiro atoms. The van der Waals surface area contributed by atoms with Gasteiger partial charge >= 0.3 is 0 Å². The van der Waals surface area contributed by atoms with E-state index in [0.717, 1.165) is 5.56 Å². The number of amides is 1. The summed E-state index contributed by atoms with van der Waals surface area (Å²) >= 11 is 0. The van der Waals surface area contributed by atoms with E-state index in [4.69, 9.17) is 14.2 Å². The summed E-state index contributed by atoms with van der Waals surface area (Å²) in [5.74, 6) is 0.472. The number of hydrogen-bond donors (Lipinski definition) is 2. The van der Waals surface area contributed by atoms with Gasteiger partial charge in [-0.2, -0.15) is 0 Å². The van der Waals surface area contributed by atoms with Crippen LogP contribution in [0.5, 0.6) is 11.5 Å². The molecule has 9 heteroatoms. The second-order valence-corrected chi connectivity index (χ2v) is 7.49. The van der Waals surface area contributed by atoms with Crippen molar-refractivity contribution in [1.82, 2.24) is 5.32 Å². The molecule has 0 atom stereocenters. The average Bonchev–Trinajstić information content (AvgIpc) is 2.69. The van der Waals surface area contributed by atoms with E-state index in [-0.39, 0.29) is 23.0 Å². The molecule has 1 amide bonds. The Morgan fingerprint density at radius 1 is 1.00 bits per heavy atom. The molecule has 28 heavy (non-hydrogen) atoms. The molecular formula is C19H24N2O6S. The second kappa shape index (κ2) is 9.95. The maximum atomic E-state index is 12.7. The summed E-state index contributed by atoms with van der Waals surface area (Å²) in [6.07, 6.45) is 0.195. The second-order valence-electron chi connectivity index (χ2n) is 5.84. The minimum atomic E-state index is -3.89. The van der Waals surface area contributed by atoms with Gasteiger partial charge in [-0.3, -0.25) is 9.52 Å². The van der Waals surface area contributed by atoms with Crippen LogP contribution in [-0.2, 0) is 26.0 Å². The predicted molar refractivity (Wildman–Crippen MR) is 105 cm³/mol. The highest BCUT2D eigenvalue weighted by Gasteiger charge is 2.20. The summed E-state index contributed by atoms with van der Waals surface area (Å²) in [7, 11) is 0.525. The summed E-state index contributed by atoms with van der Waals surface area (Å²) in [6, 6.07) is 11.1. The third-order valence-electron chi connectivity index (χ3n) is 3.86. The zero-order valence-corrected chi connectivity index (χ0v) is 16.8. The van der Waals surface area contributed by atoms with Gasteiger partial charge in [-0.15, -0.1) is 0 Å². The van der Waals surface area contributed by atoms with E-state index < -0.39 is 10.0 Å². The summed E-state index contributed by atoms with van der Waals surface area (Å²) in [6.45, 7) is 0.885. The van der Waals surface area contributed by atoms with Crippen molar-refractivity contribution in [3.8, 4) is 11.5 Å². The molecule has 0 heterocycles. The van der Waals surface area contributed by atoms with Crippen molar-refractivity contribution >= 4 is 21.6 Å². The zero-order valence-electron chi connectivity index (χ0n) is 16.0. The summed E-state index contributed by atoms with van der Waals surface area (Å²) in [4.78, 5) is 11.8. The smallest absolute Gasteiger partial charge is 0.265 e. The minimum absolute atomic E-state index is 0.0315. The van der Waals surface area contributed by atoms with Crippen LogP contribution in [0, 0.1) is 0 Å². The SMILES string of the molecule is COCCNC(=O)Cc1ccc(NS(=O)(=O)c2cc(OC)ccc2OC)cc1. The van der Waals surface area contributed by atoms with Gasteiger partial charge in [-0.1, -0.05) is 12.1 Å². The fourth-order valence-electron chi connectivity index (χ4n) is 2.44. The molecule has 0 saturated heterocycles. The number of benzene rings is 2. The molecule has 0 radical (unpaired) electrons. The van der Waals surface area contributed by atoms with Gasteiger partial charge in [0.15, 0.2) is 0 Å². The number of sulfonamides is 1. The largest absolute Gasteiger partial charge is 0.497 e. The summed E-state index contributed by atoms with van der Waals surface area (Å²) < 4.78 is 43.1. The van der Waals surface area contributed by atoms with Gasteiger partial charge in [0, 0.05) is 25.4 Å². The van der Waals surface area contributed by atoms with Gasteiger partial charge < -0.3 is 19.5 Å². The third kappa shape index (κ3) is 5.86. The van der Waals surface area contributed by atoms with Gasteiger partial charge in [0.05, 0.1) is 27.2 Å². The lowest BCUT2D eigenvalue weighted by molar-refractivity contribution is -0.120. The Kier molecular flexibility index (Phi) is 7.65. The fourth-order valence-corrected chi connectivity index (χ4v) is 3.68.